The largest absolute Gasteiger partial charge is 0.378 e. The van der Waals surface area contributed by atoms with Crippen molar-refractivity contribution in [3.63, 3.8) is 0 Å². The summed E-state index contributed by atoms with van der Waals surface area (Å²) < 4.78 is 1.11. The van der Waals surface area contributed by atoms with Gasteiger partial charge in [0.05, 0.1) is 6.04 Å². The molecule has 0 spiro atoms. The predicted octanol–water partition coefficient (Wildman–Crippen LogP) is 5.51. The maximum atomic E-state index is 12.8. The zero-order valence-electron chi connectivity index (χ0n) is 15.2. The van der Waals surface area contributed by atoms with Gasteiger partial charge in [-0.3, -0.25) is 4.79 Å². The summed E-state index contributed by atoms with van der Waals surface area (Å²) in [4.78, 5) is 14.8. The number of anilines is 1. The Morgan fingerprint density at radius 2 is 1.85 bits per heavy atom. The third-order valence-corrected chi connectivity index (χ3v) is 6.76. The number of hydrogen-bond acceptors (Lipinski definition) is 2. The maximum Gasteiger partial charge on any atom is 0.253 e. The number of benzene rings is 2. The smallest absolute Gasteiger partial charge is 0.253 e. The lowest BCUT2D eigenvalue weighted by Crippen LogP contribution is -2.30. The summed E-state index contributed by atoms with van der Waals surface area (Å²) in [5.74, 6) is 1.06. The van der Waals surface area contributed by atoms with E-state index in [4.69, 9.17) is 0 Å². The summed E-state index contributed by atoms with van der Waals surface area (Å²) in [6.07, 6.45) is 7.95. The quantitative estimate of drug-likeness (QED) is 0.646. The van der Waals surface area contributed by atoms with E-state index in [9.17, 15) is 4.79 Å². The molecule has 0 bridgehead atoms. The van der Waals surface area contributed by atoms with Gasteiger partial charge in [-0.25, -0.2) is 0 Å². The monoisotopic (exact) mass is 422 g/mol. The molecule has 0 radical (unpaired) electrons. The fourth-order valence-electron chi connectivity index (χ4n) is 4.83. The Balaban J connectivity index is 1.49. The summed E-state index contributed by atoms with van der Waals surface area (Å²) in [5, 5.41) is 3.76. The molecule has 1 saturated heterocycles. The number of carbonyl (C=O) groups is 1. The molecule has 2 heterocycles. The van der Waals surface area contributed by atoms with Crippen LogP contribution < -0.4 is 5.32 Å². The van der Waals surface area contributed by atoms with Crippen molar-refractivity contribution in [1.29, 1.82) is 0 Å². The summed E-state index contributed by atoms with van der Waals surface area (Å²) in [6, 6.07) is 15.2. The van der Waals surface area contributed by atoms with Crippen LogP contribution in [0.25, 0.3) is 0 Å². The van der Waals surface area contributed by atoms with Crippen LogP contribution in [0.15, 0.2) is 59.1 Å². The van der Waals surface area contributed by atoms with Crippen LogP contribution in [0.1, 0.15) is 52.7 Å². The van der Waals surface area contributed by atoms with E-state index in [1.807, 2.05) is 11.0 Å². The number of allylic oxidation sites excluding steroid dienone is 2. The molecular formula is C23H23BrN2O. The molecule has 0 aromatic heterocycles. The fourth-order valence-corrected chi connectivity index (χ4v) is 5.09. The molecule has 3 nitrogen and oxygen atoms in total. The summed E-state index contributed by atoms with van der Waals surface area (Å²) in [7, 11) is 0. The highest BCUT2D eigenvalue weighted by Crippen LogP contribution is 2.50. The Labute approximate surface area is 168 Å². The van der Waals surface area contributed by atoms with Crippen molar-refractivity contribution in [3.05, 3.63) is 75.8 Å². The first-order valence-corrected chi connectivity index (χ1v) is 10.6. The molecule has 3 aliphatic rings. The Bertz CT molecular complexity index is 899. The number of likely N-dealkylation sites (tertiary alicyclic amines) is 1. The summed E-state index contributed by atoms with van der Waals surface area (Å²) in [5.41, 5.74) is 4.58. The van der Waals surface area contributed by atoms with Gasteiger partial charge in [-0.1, -0.05) is 40.2 Å². The molecule has 2 aromatic rings. The number of hydrogen-bond donors (Lipinski definition) is 1. The molecule has 2 aliphatic heterocycles. The van der Waals surface area contributed by atoms with Gasteiger partial charge in [0, 0.05) is 34.7 Å². The number of nitrogens with one attached hydrogen (secondary N) is 1. The maximum absolute atomic E-state index is 12.8. The fraction of sp³-hybridized carbons (Fsp3) is 0.348. The van der Waals surface area contributed by atoms with Gasteiger partial charge in [-0.15, -0.1) is 0 Å². The third kappa shape index (κ3) is 3.00. The topological polar surface area (TPSA) is 32.3 Å². The number of fused-ring (bicyclic) bond motifs is 3. The van der Waals surface area contributed by atoms with Crippen molar-refractivity contribution < 1.29 is 4.79 Å². The first kappa shape index (κ1) is 17.1. The summed E-state index contributed by atoms with van der Waals surface area (Å²) in [6.45, 7) is 1.79. The van der Waals surface area contributed by atoms with Gasteiger partial charge in [0.2, 0.25) is 0 Å². The van der Waals surface area contributed by atoms with E-state index in [-0.39, 0.29) is 5.91 Å². The molecule has 5 rings (SSSR count). The Morgan fingerprint density at radius 3 is 2.63 bits per heavy atom. The molecule has 4 heteroatoms. The average molecular weight is 423 g/mol. The van der Waals surface area contributed by atoms with Gasteiger partial charge in [-0.2, -0.15) is 0 Å². The molecule has 0 unspecified atom stereocenters. The van der Waals surface area contributed by atoms with Crippen LogP contribution in [0.2, 0.25) is 0 Å². The number of amides is 1. The number of rotatable bonds is 2. The van der Waals surface area contributed by atoms with Crippen molar-refractivity contribution in [1.82, 2.24) is 4.90 Å². The molecule has 1 amide bonds. The first-order valence-electron chi connectivity index (χ1n) is 9.82. The zero-order chi connectivity index (χ0) is 18.4. The van der Waals surface area contributed by atoms with Crippen molar-refractivity contribution in [2.24, 2.45) is 5.92 Å². The van der Waals surface area contributed by atoms with Crippen LogP contribution in [0, 0.1) is 5.92 Å². The molecule has 1 N–H and O–H groups in total. The highest BCUT2D eigenvalue weighted by atomic mass is 79.9. The molecule has 1 aliphatic carbocycles. The van der Waals surface area contributed by atoms with Crippen molar-refractivity contribution >= 4 is 27.5 Å². The second-order valence-corrected chi connectivity index (χ2v) is 8.74. The van der Waals surface area contributed by atoms with E-state index in [1.54, 1.807) is 0 Å². The van der Waals surface area contributed by atoms with Gasteiger partial charge in [0.1, 0.15) is 0 Å². The normalized spacial score (nSPS) is 25.8. The Hall–Kier alpha value is -2.07. The van der Waals surface area contributed by atoms with E-state index >= 15 is 0 Å². The van der Waals surface area contributed by atoms with Crippen LogP contribution in [0.4, 0.5) is 5.69 Å². The Kier molecular flexibility index (Phi) is 4.31. The Morgan fingerprint density at radius 1 is 1.07 bits per heavy atom. The average Bonchev–Trinajstić information content (AvgIpc) is 3.39. The molecule has 138 valence electrons. The lowest BCUT2D eigenvalue weighted by molar-refractivity contribution is 0.0792. The minimum absolute atomic E-state index is 0.184. The highest BCUT2D eigenvalue weighted by molar-refractivity contribution is 9.10. The second kappa shape index (κ2) is 6.83. The minimum Gasteiger partial charge on any atom is -0.378 e. The van der Waals surface area contributed by atoms with Crippen molar-refractivity contribution in [3.8, 4) is 0 Å². The lowest BCUT2D eigenvalue weighted by atomic mass is 9.76. The van der Waals surface area contributed by atoms with Crippen LogP contribution in [-0.4, -0.2) is 23.9 Å². The summed E-state index contributed by atoms with van der Waals surface area (Å²) >= 11 is 3.53. The van der Waals surface area contributed by atoms with Gasteiger partial charge < -0.3 is 10.2 Å². The lowest BCUT2D eigenvalue weighted by Gasteiger charge is -2.38. The zero-order valence-corrected chi connectivity index (χ0v) is 16.8. The molecule has 1 fully saturated rings. The molecule has 3 atom stereocenters. The molecular weight excluding hydrogens is 400 g/mol. The van der Waals surface area contributed by atoms with Gasteiger partial charge in [-0.05, 0) is 66.6 Å². The number of nitrogens with zero attached hydrogens (tertiary/aromatic N) is 1. The van der Waals surface area contributed by atoms with Gasteiger partial charge in [0.25, 0.3) is 5.91 Å². The molecule has 27 heavy (non-hydrogen) atoms. The van der Waals surface area contributed by atoms with Crippen LogP contribution in [0.3, 0.4) is 0 Å². The van der Waals surface area contributed by atoms with E-state index in [1.165, 1.54) is 11.1 Å². The number of carbonyl (C=O) groups excluding carboxylic acids is 1. The van der Waals surface area contributed by atoms with Gasteiger partial charge >= 0.3 is 0 Å². The van der Waals surface area contributed by atoms with E-state index in [0.717, 1.165) is 48.1 Å². The van der Waals surface area contributed by atoms with Crippen molar-refractivity contribution in [2.75, 3.05) is 18.4 Å². The minimum atomic E-state index is 0.184. The SMILES string of the molecule is O=C(c1ccc2c(c1)[C@@H]1C=CC[C@@H]1[C@H](c1ccc(Br)cc1)N2)N1CCCC1. The van der Waals surface area contributed by atoms with Gasteiger partial charge in [0.15, 0.2) is 0 Å². The third-order valence-electron chi connectivity index (χ3n) is 6.23. The van der Waals surface area contributed by atoms with Crippen LogP contribution in [-0.2, 0) is 0 Å². The number of halogens is 1. The van der Waals surface area contributed by atoms with Crippen LogP contribution >= 0.6 is 15.9 Å². The van der Waals surface area contributed by atoms with Crippen LogP contribution in [0.5, 0.6) is 0 Å². The molecule has 2 aromatic carbocycles. The standard InChI is InChI=1S/C23H23BrN2O/c24-17-9-6-15(7-10-17)22-19-5-3-4-18(19)20-14-16(8-11-21(20)25-22)23(27)26-12-1-2-13-26/h3-4,6-11,14,18-19,22,25H,1-2,5,12-13H2/t18-,19+,22+/m1/s1. The van der Waals surface area contributed by atoms with E-state index in [2.05, 4.69) is 69.8 Å². The van der Waals surface area contributed by atoms with E-state index < -0.39 is 0 Å². The molecule has 0 saturated carbocycles. The van der Waals surface area contributed by atoms with E-state index in [0.29, 0.717) is 17.9 Å². The highest BCUT2D eigenvalue weighted by Gasteiger charge is 2.38. The first-order chi connectivity index (χ1) is 13.2. The van der Waals surface area contributed by atoms with Crippen molar-refractivity contribution in [2.45, 2.75) is 31.2 Å². The second-order valence-electron chi connectivity index (χ2n) is 7.83. The predicted molar refractivity (Wildman–Crippen MR) is 112 cm³/mol.